The van der Waals surface area contributed by atoms with E-state index in [1.807, 2.05) is 19.1 Å². The fourth-order valence-electron chi connectivity index (χ4n) is 3.55. The molecule has 3 rings (SSSR count). The van der Waals surface area contributed by atoms with E-state index in [0.717, 1.165) is 50.3 Å². The summed E-state index contributed by atoms with van der Waals surface area (Å²) in [5, 5.41) is 13.0. The van der Waals surface area contributed by atoms with Crippen molar-refractivity contribution in [3.8, 4) is 0 Å². The van der Waals surface area contributed by atoms with Crippen LogP contribution in [0.2, 0.25) is 0 Å². The molecular formula is C19H31IN4O3S. The van der Waals surface area contributed by atoms with Crippen molar-refractivity contribution in [2.75, 3.05) is 32.7 Å². The van der Waals surface area contributed by atoms with E-state index in [9.17, 15) is 13.5 Å². The van der Waals surface area contributed by atoms with Crippen LogP contribution >= 0.6 is 24.0 Å². The third-order valence-corrected chi connectivity index (χ3v) is 7.00. The van der Waals surface area contributed by atoms with Crippen LogP contribution in [-0.2, 0) is 16.6 Å². The van der Waals surface area contributed by atoms with E-state index in [2.05, 4.69) is 15.2 Å². The molecule has 0 radical (unpaired) electrons. The van der Waals surface area contributed by atoms with Gasteiger partial charge in [0.25, 0.3) is 0 Å². The molecule has 158 valence electrons. The number of nitrogens with zero attached hydrogens (tertiary/aromatic N) is 3. The Morgan fingerprint density at radius 2 is 1.86 bits per heavy atom. The molecule has 2 heterocycles. The molecule has 2 saturated heterocycles. The second-order valence-electron chi connectivity index (χ2n) is 7.17. The number of piperidine rings is 1. The van der Waals surface area contributed by atoms with Crippen LogP contribution in [0.15, 0.2) is 34.2 Å². The Morgan fingerprint density at radius 3 is 2.43 bits per heavy atom. The summed E-state index contributed by atoms with van der Waals surface area (Å²) in [6.07, 6.45) is 3.43. The highest BCUT2D eigenvalue weighted by Crippen LogP contribution is 2.21. The number of likely N-dealkylation sites (tertiary alicyclic amines) is 1. The lowest BCUT2D eigenvalue weighted by atomic mass is 10.2. The number of benzene rings is 1. The maximum absolute atomic E-state index is 12.7. The predicted molar refractivity (Wildman–Crippen MR) is 121 cm³/mol. The van der Waals surface area contributed by atoms with Gasteiger partial charge in [0, 0.05) is 32.7 Å². The van der Waals surface area contributed by atoms with Crippen molar-refractivity contribution < 1.29 is 13.5 Å². The maximum atomic E-state index is 12.7. The van der Waals surface area contributed by atoms with Crippen LogP contribution in [0.3, 0.4) is 0 Å². The Bertz CT molecular complexity index is 749. The Labute approximate surface area is 185 Å². The summed E-state index contributed by atoms with van der Waals surface area (Å²) >= 11 is 0. The van der Waals surface area contributed by atoms with Gasteiger partial charge in [-0.1, -0.05) is 18.6 Å². The third-order valence-electron chi connectivity index (χ3n) is 5.09. The van der Waals surface area contributed by atoms with Gasteiger partial charge in [0.15, 0.2) is 5.96 Å². The molecule has 28 heavy (non-hydrogen) atoms. The molecule has 2 fully saturated rings. The number of aliphatic hydroxyl groups excluding tert-OH is 1. The summed E-state index contributed by atoms with van der Waals surface area (Å²) in [6.45, 7) is 5.86. The van der Waals surface area contributed by atoms with E-state index in [-0.39, 0.29) is 30.1 Å². The number of rotatable bonds is 5. The molecule has 0 aromatic heterocycles. The normalized spacial score (nSPS) is 21.4. The molecule has 2 aliphatic heterocycles. The number of hydrogen-bond donors (Lipinski definition) is 2. The first kappa shape index (κ1) is 23.4. The van der Waals surface area contributed by atoms with Gasteiger partial charge < -0.3 is 15.3 Å². The first-order valence-corrected chi connectivity index (χ1v) is 11.2. The zero-order valence-electron chi connectivity index (χ0n) is 16.4. The molecule has 1 atom stereocenters. The lowest BCUT2D eigenvalue weighted by Crippen LogP contribution is -2.40. The highest BCUT2D eigenvalue weighted by atomic mass is 127. The second kappa shape index (κ2) is 10.7. The summed E-state index contributed by atoms with van der Waals surface area (Å²) in [5.41, 5.74) is 0.961. The molecule has 9 heteroatoms. The van der Waals surface area contributed by atoms with Gasteiger partial charge in [0.2, 0.25) is 10.0 Å². The summed E-state index contributed by atoms with van der Waals surface area (Å²) in [7, 11) is -3.39. The summed E-state index contributed by atoms with van der Waals surface area (Å²) in [5.74, 6) is 0.791. The second-order valence-corrected chi connectivity index (χ2v) is 9.11. The molecule has 1 aromatic rings. The monoisotopic (exact) mass is 522 g/mol. The van der Waals surface area contributed by atoms with Gasteiger partial charge in [-0.2, -0.15) is 4.31 Å². The highest BCUT2D eigenvalue weighted by Gasteiger charge is 2.26. The minimum Gasteiger partial charge on any atom is -0.391 e. The summed E-state index contributed by atoms with van der Waals surface area (Å²) < 4.78 is 27.0. The Kier molecular flexibility index (Phi) is 8.97. The maximum Gasteiger partial charge on any atom is 0.243 e. The number of sulfonamides is 1. The molecule has 0 aliphatic carbocycles. The number of halogens is 1. The SMILES string of the molecule is CCNC(=NCc1ccc(S(=O)(=O)N2CCCCC2)cc1)N1CC[C@@H](O)C1.I. The Hall–Kier alpha value is -0.910. The van der Waals surface area contributed by atoms with Crippen molar-refractivity contribution >= 4 is 40.0 Å². The van der Waals surface area contributed by atoms with Gasteiger partial charge >= 0.3 is 0 Å². The highest BCUT2D eigenvalue weighted by molar-refractivity contribution is 14.0. The number of hydrogen-bond acceptors (Lipinski definition) is 4. The third kappa shape index (κ3) is 5.80. The molecule has 2 N–H and O–H groups in total. The van der Waals surface area contributed by atoms with Gasteiger partial charge in [-0.05, 0) is 43.9 Å². The van der Waals surface area contributed by atoms with Crippen LogP contribution < -0.4 is 5.32 Å². The quantitative estimate of drug-likeness (QED) is 0.351. The Morgan fingerprint density at radius 1 is 1.18 bits per heavy atom. The largest absolute Gasteiger partial charge is 0.391 e. The van der Waals surface area contributed by atoms with E-state index in [0.29, 0.717) is 31.1 Å². The van der Waals surface area contributed by atoms with Gasteiger partial charge in [-0.25, -0.2) is 13.4 Å². The zero-order chi connectivity index (χ0) is 19.3. The molecular weight excluding hydrogens is 491 g/mol. The van der Waals surface area contributed by atoms with Crippen LogP contribution in [0.25, 0.3) is 0 Å². The fraction of sp³-hybridized carbons (Fsp3) is 0.632. The van der Waals surface area contributed by atoms with Crippen LogP contribution in [0.1, 0.15) is 38.2 Å². The fourth-order valence-corrected chi connectivity index (χ4v) is 5.06. The van der Waals surface area contributed by atoms with Gasteiger partial charge in [-0.3, -0.25) is 0 Å². The number of guanidine groups is 1. The molecule has 7 nitrogen and oxygen atoms in total. The zero-order valence-corrected chi connectivity index (χ0v) is 19.5. The average Bonchev–Trinajstić information content (AvgIpc) is 3.12. The van der Waals surface area contributed by atoms with Crippen LogP contribution in [0.5, 0.6) is 0 Å². The van der Waals surface area contributed by atoms with Crippen molar-refractivity contribution in [3.05, 3.63) is 29.8 Å². The molecule has 0 spiro atoms. The first-order valence-electron chi connectivity index (χ1n) is 9.81. The van der Waals surface area contributed by atoms with E-state index >= 15 is 0 Å². The molecule has 0 amide bonds. The van der Waals surface area contributed by atoms with Crippen LogP contribution in [0, 0.1) is 0 Å². The lowest BCUT2D eigenvalue weighted by molar-refractivity contribution is 0.188. The number of β-amino-alcohol motifs (C(OH)–C–C–N with tert-alkyl or cyclic N) is 1. The van der Waals surface area contributed by atoms with Gasteiger partial charge in [-0.15, -0.1) is 24.0 Å². The topological polar surface area (TPSA) is 85.2 Å². The van der Waals surface area contributed by atoms with E-state index in [4.69, 9.17) is 0 Å². The van der Waals surface area contributed by atoms with Crippen molar-refractivity contribution in [3.63, 3.8) is 0 Å². The molecule has 2 aliphatic rings. The first-order chi connectivity index (χ1) is 13.0. The minimum atomic E-state index is -3.39. The molecule has 1 aromatic carbocycles. The van der Waals surface area contributed by atoms with E-state index in [1.54, 1.807) is 16.4 Å². The molecule has 0 unspecified atom stereocenters. The van der Waals surface area contributed by atoms with Crippen molar-refractivity contribution in [1.82, 2.24) is 14.5 Å². The van der Waals surface area contributed by atoms with Crippen molar-refractivity contribution in [2.45, 2.75) is 50.2 Å². The predicted octanol–water partition coefficient (Wildman–Crippen LogP) is 2.01. The standard InChI is InChI=1S/C19H30N4O3S.HI/c1-2-20-19(22-13-10-17(24)15-22)21-14-16-6-8-18(9-7-16)27(25,26)23-11-4-3-5-12-23;/h6-9,17,24H,2-5,10-15H2,1H3,(H,20,21);1H/t17-;/m1./s1. The van der Waals surface area contributed by atoms with Gasteiger partial charge in [0.05, 0.1) is 17.5 Å². The van der Waals surface area contributed by atoms with E-state index in [1.165, 1.54) is 0 Å². The molecule has 0 bridgehead atoms. The summed E-state index contributed by atoms with van der Waals surface area (Å²) in [6, 6.07) is 7.04. The lowest BCUT2D eigenvalue weighted by Gasteiger charge is -2.25. The number of aliphatic imine (C=N–C) groups is 1. The van der Waals surface area contributed by atoms with Crippen LogP contribution in [0.4, 0.5) is 0 Å². The van der Waals surface area contributed by atoms with Crippen molar-refractivity contribution in [2.24, 2.45) is 4.99 Å². The molecule has 0 saturated carbocycles. The smallest absolute Gasteiger partial charge is 0.243 e. The van der Waals surface area contributed by atoms with E-state index < -0.39 is 10.0 Å². The van der Waals surface area contributed by atoms with Crippen LogP contribution in [-0.4, -0.2) is 67.5 Å². The average molecular weight is 522 g/mol. The summed E-state index contributed by atoms with van der Waals surface area (Å²) in [4.78, 5) is 7.05. The number of nitrogens with one attached hydrogen (secondary N) is 1. The minimum absolute atomic E-state index is 0. The van der Waals surface area contributed by atoms with Crippen molar-refractivity contribution in [1.29, 1.82) is 0 Å². The number of aliphatic hydroxyl groups is 1. The van der Waals surface area contributed by atoms with Gasteiger partial charge in [0.1, 0.15) is 0 Å². The Balaban J connectivity index is 0.00000280.